The summed E-state index contributed by atoms with van der Waals surface area (Å²) in [5.74, 6) is 0. The molecule has 5 nitrogen and oxygen atoms in total. The third-order valence-electron chi connectivity index (χ3n) is 0.391. The van der Waals surface area contributed by atoms with E-state index in [9.17, 15) is 17.2 Å². The monoisotopic (exact) mass is 186 g/mol. The van der Waals surface area contributed by atoms with Gasteiger partial charge >= 0.3 is 35.9 Å². The van der Waals surface area contributed by atoms with Gasteiger partial charge in [-0.05, 0) is 0 Å². The van der Waals surface area contributed by atoms with Crippen LogP contribution in [0.3, 0.4) is 0 Å². The Balaban J connectivity index is 0. The summed E-state index contributed by atoms with van der Waals surface area (Å²) in [5, 5.41) is 0. The molecule has 0 aromatic carbocycles. The van der Waals surface area contributed by atoms with E-state index >= 15 is 0 Å². The van der Waals surface area contributed by atoms with Gasteiger partial charge in [0.2, 0.25) is 0 Å². The zero-order valence-electron chi connectivity index (χ0n) is 4.53. The van der Waals surface area contributed by atoms with Crippen LogP contribution in [0, 0.1) is 0 Å². The normalized spacial score (nSPS) is 11.3. The molecular weight excluding hydrogens is 181 g/mol. The first kappa shape index (κ1) is 13.8. The van der Waals surface area contributed by atoms with Crippen LogP contribution in [-0.4, -0.2) is 45.2 Å². The van der Waals surface area contributed by atoms with Crippen LogP contribution in [-0.2, 0) is 19.3 Å². The molecule has 0 unspecified atom stereocenters. The van der Waals surface area contributed by atoms with Gasteiger partial charge in [-0.1, -0.05) is 0 Å². The van der Waals surface area contributed by atoms with E-state index in [1.165, 1.54) is 0 Å². The maximum atomic E-state index is 11.0. The van der Waals surface area contributed by atoms with Gasteiger partial charge in [-0.15, -0.1) is 0 Å². The van der Waals surface area contributed by atoms with Crippen molar-refractivity contribution in [2.45, 2.75) is 6.61 Å². The SMILES string of the molecule is O=S(=O)(O)OCOC(F)F.[LiH]. The average Bonchev–Trinajstić information content (AvgIpc) is 1.59. The van der Waals surface area contributed by atoms with E-state index in [1.807, 2.05) is 0 Å². The molecule has 0 fully saturated rings. The second-order valence-electron chi connectivity index (χ2n) is 1.09. The Bertz CT molecular complexity index is 179. The predicted octanol–water partition coefficient (Wildman–Crippen LogP) is -0.646. The van der Waals surface area contributed by atoms with Crippen LogP contribution in [0.15, 0.2) is 0 Å². The molecule has 1 N–H and O–H groups in total. The van der Waals surface area contributed by atoms with Crippen LogP contribution < -0.4 is 0 Å². The molecule has 0 saturated carbocycles. The number of halogens is 2. The molecule has 0 aliphatic heterocycles. The molecule has 0 aliphatic rings. The Labute approximate surface area is 73.8 Å². The number of rotatable bonds is 4. The zero-order valence-corrected chi connectivity index (χ0v) is 5.35. The molecule has 0 saturated heterocycles. The van der Waals surface area contributed by atoms with Gasteiger partial charge in [-0.25, -0.2) is 4.18 Å². The van der Waals surface area contributed by atoms with Crippen molar-refractivity contribution in [2.75, 3.05) is 6.79 Å². The van der Waals surface area contributed by atoms with E-state index in [0.717, 1.165) is 0 Å². The van der Waals surface area contributed by atoms with Crippen LogP contribution in [0.5, 0.6) is 0 Å². The minimum absolute atomic E-state index is 0. The second kappa shape index (κ2) is 5.88. The van der Waals surface area contributed by atoms with Crippen molar-refractivity contribution in [1.82, 2.24) is 0 Å². The Morgan fingerprint density at radius 2 is 1.91 bits per heavy atom. The molecule has 0 atom stereocenters. The molecule has 11 heavy (non-hydrogen) atoms. The summed E-state index contributed by atoms with van der Waals surface area (Å²) in [5.41, 5.74) is 0. The number of hydrogen-bond acceptors (Lipinski definition) is 4. The summed E-state index contributed by atoms with van der Waals surface area (Å²) in [7, 11) is -4.68. The van der Waals surface area contributed by atoms with E-state index < -0.39 is 23.8 Å². The van der Waals surface area contributed by atoms with Gasteiger partial charge < -0.3 is 0 Å². The molecule has 0 amide bonds. The quantitative estimate of drug-likeness (QED) is 0.359. The molecule has 0 spiro atoms. The van der Waals surface area contributed by atoms with Gasteiger partial charge in [0.15, 0.2) is 6.79 Å². The summed E-state index contributed by atoms with van der Waals surface area (Å²) in [6.45, 7) is -4.32. The van der Waals surface area contributed by atoms with E-state index in [0.29, 0.717) is 0 Å². The van der Waals surface area contributed by atoms with Crippen LogP contribution in [0.25, 0.3) is 0 Å². The minimum atomic E-state index is -4.68. The van der Waals surface area contributed by atoms with Crippen molar-refractivity contribution in [2.24, 2.45) is 0 Å². The van der Waals surface area contributed by atoms with Gasteiger partial charge in [0.1, 0.15) is 0 Å². The van der Waals surface area contributed by atoms with E-state index in [1.54, 1.807) is 0 Å². The molecule has 0 aromatic rings. The molecule has 0 radical (unpaired) electrons. The summed E-state index contributed by atoms with van der Waals surface area (Å²) in [6.07, 6.45) is 0. The third kappa shape index (κ3) is 13.3. The Morgan fingerprint density at radius 1 is 1.45 bits per heavy atom. The van der Waals surface area contributed by atoms with Gasteiger partial charge in [0.25, 0.3) is 0 Å². The first-order valence-corrected chi connectivity index (χ1v) is 3.30. The van der Waals surface area contributed by atoms with Crippen molar-refractivity contribution in [3.63, 3.8) is 0 Å². The molecule has 9 heteroatoms. The van der Waals surface area contributed by atoms with Gasteiger partial charge in [0.05, 0.1) is 0 Å². The number of ether oxygens (including phenoxy) is 1. The fourth-order valence-corrected chi connectivity index (χ4v) is 0.317. The molecular formula is C2H5F2LiO5S. The fraction of sp³-hybridized carbons (Fsp3) is 1.00. The Kier molecular flexibility index (Phi) is 7.40. The summed E-state index contributed by atoms with van der Waals surface area (Å²) >= 11 is 0. The second-order valence-corrected chi connectivity index (χ2v) is 2.18. The zero-order chi connectivity index (χ0) is 8.20. The standard InChI is InChI=1S/C2H4F2O5S.Li.H/c3-2(4)8-1-9-10(5,6)7;;/h2H,1H2,(H,5,6,7);;. The van der Waals surface area contributed by atoms with Crippen LogP contribution >= 0.6 is 0 Å². The molecule has 0 aromatic heterocycles. The number of hydrogen-bond donors (Lipinski definition) is 1. The first-order chi connectivity index (χ1) is 4.42. The first-order valence-electron chi connectivity index (χ1n) is 1.93. The van der Waals surface area contributed by atoms with Crippen LogP contribution in [0.1, 0.15) is 0 Å². The van der Waals surface area contributed by atoms with Crippen molar-refractivity contribution in [3.8, 4) is 0 Å². The Hall–Kier alpha value is 0.287. The molecule has 0 aliphatic carbocycles. The van der Waals surface area contributed by atoms with Crippen LogP contribution in [0.2, 0.25) is 0 Å². The van der Waals surface area contributed by atoms with Crippen molar-refractivity contribution < 1.29 is 30.7 Å². The van der Waals surface area contributed by atoms with E-state index in [2.05, 4.69) is 8.92 Å². The van der Waals surface area contributed by atoms with Gasteiger partial charge in [0, 0.05) is 0 Å². The fourth-order valence-electron chi connectivity index (χ4n) is 0.140. The van der Waals surface area contributed by atoms with Crippen molar-refractivity contribution >= 4 is 29.3 Å². The van der Waals surface area contributed by atoms with E-state index in [4.69, 9.17) is 4.55 Å². The van der Waals surface area contributed by atoms with Crippen molar-refractivity contribution in [1.29, 1.82) is 0 Å². The van der Waals surface area contributed by atoms with Crippen molar-refractivity contribution in [3.05, 3.63) is 0 Å². The molecule has 64 valence electrons. The maximum absolute atomic E-state index is 11.0. The summed E-state index contributed by atoms with van der Waals surface area (Å²) in [6, 6.07) is 0. The molecule has 0 rings (SSSR count). The average molecular weight is 186 g/mol. The van der Waals surface area contributed by atoms with E-state index in [-0.39, 0.29) is 18.9 Å². The number of alkyl halides is 2. The molecule has 0 bridgehead atoms. The Morgan fingerprint density at radius 3 is 2.18 bits per heavy atom. The summed E-state index contributed by atoms with van der Waals surface area (Å²) < 4.78 is 55.7. The van der Waals surface area contributed by atoms with Crippen LogP contribution in [0.4, 0.5) is 8.78 Å². The predicted molar refractivity (Wildman–Crippen MR) is 31.7 cm³/mol. The third-order valence-corrected chi connectivity index (χ3v) is 0.785. The molecule has 0 heterocycles. The van der Waals surface area contributed by atoms with Gasteiger partial charge in [-0.2, -0.15) is 17.2 Å². The van der Waals surface area contributed by atoms with Gasteiger partial charge in [-0.3, -0.25) is 9.29 Å². The topological polar surface area (TPSA) is 72.8 Å². The summed E-state index contributed by atoms with van der Waals surface area (Å²) in [4.78, 5) is 0.